The van der Waals surface area contributed by atoms with Gasteiger partial charge >= 0.3 is 0 Å². The first-order chi connectivity index (χ1) is 14.6. The van der Waals surface area contributed by atoms with E-state index in [1.54, 1.807) is 36.0 Å². The van der Waals surface area contributed by atoms with E-state index in [1.165, 1.54) is 11.3 Å². The number of halogens is 1. The molecule has 5 heterocycles. The molecule has 2 N–H and O–H groups in total. The first kappa shape index (κ1) is 21.9. The minimum atomic E-state index is 0. The number of likely N-dealkylation sites (tertiary alicyclic amines) is 1. The fourth-order valence-electron chi connectivity index (χ4n) is 3.85. The van der Waals surface area contributed by atoms with Gasteiger partial charge in [0.25, 0.3) is 0 Å². The number of anilines is 1. The monoisotopic (exact) mass is 477 g/mol. The van der Waals surface area contributed by atoms with Crippen LogP contribution in [0.4, 0.5) is 5.13 Å². The maximum atomic E-state index is 10.5. The highest BCUT2D eigenvalue weighted by atomic mass is 35.5. The van der Waals surface area contributed by atoms with Crippen LogP contribution < -0.4 is 4.90 Å². The van der Waals surface area contributed by atoms with Crippen molar-refractivity contribution in [2.75, 3.05) is 31.6 Å². The Labute approximate surface area is 194 Å². The summed E-state index contributed by atoms with van der Waals surface area (Å²) in [4.78, 5) is 20.6. The number of nitrogens with zero attached hydrogens (tertiary/aromatic N) is 6. The van der Waals surface area contributed by atoms with Crippen molar-refractivity contribution in [3.05, 3.63) is 24.7 Å². The zero-order valence-electron chi connectivity index (χ0n) is 17.3. The second-order valence-corrected chi connectivity index (χ2v) is 9.41. The molecular weight excluding hydrogens is 454 g/mol. The smallest absolute Gasteiger partial charge is 0.188 e. The zero-order valence-corrected chi connectivity index (χ0v) is 19.7. The molecule has 11 heteroatoms. The Morgan fingerprint density at radius 2 is 1.94 bits per heavy atom. The van der Waals surface area contributed by atoms with Crippen LogP contribution in [-0.2, 0) is 0 Å². The minimum Gasteiger partial charge on any atom is -0.506 e. The molecule has 31 heavy (non-hydrogen) atoms. The first-order valence-electron chi connectivity index (χ1n) is 10.0. The third-order valence-corrected chi connectivity index (χ3v) is 7.85. The minimum absolute atomic E-state index is 0. The Hall–Kier alpha value is -2.27. The van der Waals surface area contributed by atoms with Gasteiger partial charge in [-0.1, -0.05) is 29.6 Å². The van der Waals surface area contributed by atoms with E-state index < -0.39 is 0 Å². The summed E-state index contributed by atoms with van der Waals surface area (Å²) in [6, 6.07) is 2.21. The fourth-order valence-corrected chi connectivity index (χ4v) is 5.92. The summed E-state index contributed by atoms with van der Waals surface area (Å²) in [5, 5.41) is 18.9. The normalized spacial score (nSPS) is 15.3. The van der Waals surface area contributed by atoms with Crippen molar-refractivity contribution in [2.24, 2.45) is 0 Å². The molecule has 0 saturated carbocycles. The van der Waals surface area contributed by atoms with Crippen LogP contribution in [0.15, 0.2) is 24.7 Å². The Kier molecular flexibility index (Phi) is 6.42. The van der Waals surface area contributed by atoms with Gasteiger partial charge in [0.2, 0.25) is 0 Å². The molecule has 1 fully saturated rings. The van der Waals surface area contributed by atoms with Crippen molar-refractivity contribution in [1.82, 2.24) is 30.0 Å². The van der Waals surface area contributed by atoms with Crippen molar-refractivity contribution in [3.63, 3.8) is 0 Å². The Balaban J connectivity index is 0.00000231. The van der Waals surface area contributed by atoms with Gasteiger partial charge in [0.15, 0.2) is 14.8 Å². The van der Waals surface area contributed by atoms with Gasteiger partial charge in [0.05, 0.1) is 6.20 Å². The number of thiazole rings is 2. The number of hydrogen-bond acceptors (Lipinski definition) is 9. The van der Waals surface area contributed by atoms with Gasteiger partial charge in [0.1, 0.15) is 16.5 Å². The van der Waals surface area contributed by atoms with Gasteiger partial charge in [-0.15, -0.1) is 12.4 Å². The molecular formula is C20H24ClN7OS2. The Bertz CT molecular complexity index is 1120. The Morgan fingerprint density at radius 1 is 1.16 bits per heavy atom. The van der Waals surface area contributed by atoms with Crippen LogP contribution in [0.5, 0.6) is 5.75 Å². The van der Waals surface area contributed by atoms with Gasteiger partial charge < -0.3 is 14.9 Å². The molecule has 4 aromatic heterocycles. The summed E-state index contributed by atoms with van der Waals surface area (Å²) < 4.78 is 0. The zero-order chi connectivity index (χ0) is 20.7. The molecule has 8 nitrogen and oxygen atoms in total. The van der Waals surface area contributed by atoms with Gasteiger partial charge in [-0.05, 0) is 25.5 Å². The lowest BCUT2D eigenvalue weighted by Crippen LogP contribution is -2.43. The third-order valence-electron chi connectivity index (χ3n) is 5.72. The van der Waals surface area contributed by atoms with E-state index in [2.05, 4.69) is 39.0 Å². The van der Waals surface area contributed by atoms with Crippen LogP contribution in [0.1, 0.15) is 19.8 Å². The van der Waals surface area contributed by atoms with Crippen LogP contribution in [-0.4, -0.2) is 67.9 Å². The van der Waals surface area contributed by atoms with E-state index >= 15 is 0 Å². The van der Waals surface area contributed by atoms with E-state index in [0.29, 0.717) is 16.7 Å². The van der Waals surface area contributed by atoms with Crippen molar-refractivity contribution < 1.29 is 5.11 Å². The van der Waals surface area contributed by atoms with Gasteiger partial charge in [-0.3, -0.25) is 5.10 Å². The molecule has 0 unspecified atom stereocenters. The van der Waals surface area contributed by atoms with Crippen molar-refractivity contribution >= 4 is 49.9 Å². The molecule has 164 valence electrons. The number of pyridine rings is 1. The van der Waals surface area contributed by atoms with Gasteiger partial charge in [-0.25, -0.2) is 15.0 Å². The summed E-state index contributed by atoms with van der Waals surface area (Å²) in [7, 11) is 2.14. The largest absolute Gasteiger partial charge is 0.506 e. The highest BCUT2D eigenvalue weighted by molar-refractivity contribution is 7.29. The highest BCUT2D eigenvalue weighted by Crippen LogP contribution is 2.39. The number of H-pyrrole nitrogens is 1. The molecule has 0 bridgehead atoms. The summed E-state index contributed by atoms with van der Waals surface area (Å²) in [6.45, 7) is 5.64. The predicted molar refractivity (Wildman–Crippen MR) is 129 cm³/mol. The SMILES string of the molecule is CCN1CCC(N(C)c2nc3sc(-c4ncc(-c5cn[nH]c5)cc4O)nc3s2)CC1.Cl. The molecule has 4 aromatic rings. The maximum absolute atomic E-state index is 10.5. The molecule has 0 spiro atoms. The van der Waals surface area contributed by atoms with Crippen LogP contribution in [0.3, 0.4) is 0 Å². The third kappa shape index (κ3) is 4.25. The first-order valence-corrected chi connectivity index (χ1v) is 11.7. The molecule has 1 aliphatic rings. The van der Waals surface area contributed by atoms with E-state index in [-0.39, 0.29) is 18.2 Å². The average Bonchev–Trinajstić information content (AvgIpc) is 3.50. The van der Waals surface area contributed by atoms with Crippen molar-refractivity contribution in [1.29, 1.82) is 0 Å². The molecule has 0 radical (unpaired) electrons. The second kappa shape index (κ2) is 9.07. The lowest BCUT2D eigenvalue weighted by atomic mass is 10.0. The number of aromatic nitrogens is 5. The van der Waals surface area contributed by atoms with Crippen LogP contribution >= 0.6 is 35.1 Å². The number of hydrogen-bond donors (Lipinski definition) is 2. The lowest BCUT2D eigenvalue weighted by molar-refractivity contribution is 0.221. The maximum Gasteiger partial charge on any atom is 0.188 e. The number of nitrogens with one attached hydrogen (secondary N) is 1. The fraction of sp³-hybridized carbons (Fsp3) is 0.400. The second-order valence-electron chi connectivity index (χ2n) is 7.48. The molecule has 5 rings (SSSR count). The lowest BCUT2D eigenvalue weighted by Gasteiger charge is -2.36. The molecule has 0 amide bonds. The predicted octanol–water partition coefficient (Wildman–Crippen LogP) is 4.25. The van der Waals surface area contributed by atoms with Crippen molar-refractivity contribution in [2.45, 2.75) is 25.8 Å². The molecule has 0 aliphatic carbocycles. The number of aromatic hydroxyl groups is 1. The summed E-state index contributed by atoms with van der Waals surface area (Å²) in [5.74, 6) is 0.107. The Morgan fingerprint density at radius 3 is 2.58 bits per heavy atom. The molecule has 1 saturated heterocycles. The summed E-state index contributed by atoms with van der Waals surface area (Å²) in [5.41, 5.74) is 2.17. The number of fused-ring (bicyclic) bond motifs is 1. The van der Waals surface area contributed by atoms with E-state index in [0.717, 1.165) is 58.4 Å². The quantitative estimate of drug-likeness (QED) is 0.443. The van der Waals surface area contributed by atoms with Crippen LogP contribution in [0.25, 0.3) is 31.5 Å². The molecule has 0 atom stereocenters. The number of piperidine rings is 1. The van der Waals surface area contributed by atoms with Crippen molar-refractivity contribution in [3.8, 4) is 27.6 Å². The van der Waals surface area contributed by atoms with E-state index in [4.69, 9.17) is 9.97 Å². The van der Waals surface area contributed by atoms with E-state index in [9.17, 15) is 5.11 Å². The molecule has 1 aliphatic heterocycles. The standard InChI is InChI=1S/C20H23N7OS2.ClH/c1-3-27-6-4-14(5-7-27)26(2)20-25-19-18(30-20)24-17(29-19)16-15(28)8-12(9-21-16)13-10-22-23-11-13;/h8-11,14,28H,3-7H2,1-2H3,(H,22,23);1H. The number of aromatic amines is 1. The molecule has 0 aromatic carbocycles. The van der Waals surface area contributed by atoms with E-state index in [1.807, 2.05) is 0 Å². The van der Waals surface area contributed by atoms with Gasteiger partial charge in [-0.2, -0.15) is 5.10 Å². The topological polar surface area (TPSA) is 94.1 Å². The van der Waals surface area contributed by atoms with Crippen LogP contribution in [0.2, 0.25) is 0 Å². The van der Waals surface area contributed by atoms with Crippen LogP contribution in [0, 0.1) is 0 Å². The highest BCUT2D eigenvalue weighted by Gasteiger charge is 2.25. The number of rotatable bonds is 5. The van der Waals surface area contributed by atoms with Gasteiger partial charge in [0, 0.05) is 49.7 Å². The summed E-state index contributed by atoms with van der Waals surface area (Å²) >= 11 is 3.08. The average molecular weight is 478 g/mol. The summed E-state index contributed by atoms with van der Waals surface area (Å²) in [6.07, 6.45) is 7.52.